The highest BCUT2D eigenvalue weighted by molar-refractivity contribution is 7.89. The average molecular weight is 423 g/mol. The van der Waals surface area contributed by atoms with E-state index in [9.17, 15) is 13.2 Å². The number of carbonyl (C=O) groups is 1. The molecule has 1 fully saturated rings. The zero-order chi connectivity index (χ0) is 20.1. The SMILES string of the molecule is C[C@H](C(=O)NCc1ccccc1)[NH+]1CCN(S(=O)(=O)c2ccc(Cl)cc2)CC1. The lowest BCUT2D eigenvalue weighted by atomic mass is 10.2. The van der Waals surface area contributed by atoms with Crippen LogP contribution in [0.15, 0.2) is 59.5 Å². The molecule has 28 heavy (non-hydrogen) atoms. The monoisotopic (exact) mass is 422 g/mol. The maximum absolute atomic E-state index is 12.8. The van der Waals surface area contributed by atoms with Gasteiger partial charge in [-0.05, 0) is 36.8 Å². The van der Waals surface area contributed by atoms with Crippen LogP contribution in [0.4, 0.5) is 0 Å². The lowest BCUT2D eigenvalue weighted by molar-refractivity contribution is -0.917. The zero-order valence-electron chi connectivity index (χ0n) is 15.8. The van der Waals surface area contributed by atoms with Gasteiger partial charge in [0.05, 0.1) is 31.1 Å². The molecule has 1 amide bonds. The molecule has 0 spiro atoms. The van der Waals surface area contributed by atoms with Gasteiger partial charge in [0.15, 0.2) is 6.04 Å². The minimum Gasteiger partial charge on any atom is -0.347 e. The summed E-state index contributed by atoms with van der Waals surface area (Å²) in [5.41, 5.74) is 1.05. The second-order valence-electron chi connectivity index (χ2n) is 6.94. The van der Waals surface area contributed by atoms with Gasteiger partial charge in [0.1, 0.15) is 0 Å². The zero-order valence-corrected chi connectivity index (χ0v) is 17.3. The molecule has 2 N–H and O–H groups in total. The first kappa shape index (κ1) is 20.8. The summed E-state index contributed by atoms with van der Waals surface area (Å²) in [6.07, 6.45) is 0. The summed E-state index contributed by atoms with van der Waals surface area (Å²) in [4.78, 5) is 13.8. The fourth-order valence-corrected chi connectivity index (χ4v) is 4.89. The van der Waals surface area contributed by atoms with Gasteiger partial charge >= 0.3 is 0 Å². The Labute approximate surface area is 171 Å². The van der Waals surface area contributed by atoms with Crippen molar-refractivity contribution < 1.29 is 18.1 Å². The molecule has 1 aliphatic heterocycles. The number of halogens is 1. The average Bonchev–Trinajstić information content (AvgIpc) is 2.72. The van der Waals surface area contributed by atoms with Gasteiger partial charge in [-0.15, -0.1) is 0 Å². The van der Waals surface area contributed by atoms with Crippen molar-refractivity contribution >= 4 is 27.5 Å². The van der Waals surface area contributed by atoms with Crippen LogP contribution in [0, 0.1) is 0 Å². The van der Waals surface area contributed by atoms with E-state index in [1.807, 2.05) is 37.3 Å². The van der Waals surface area contributed by atoms with Crippen LogP contribution < -0.4 is 10.2 Å². The minimum absolute atomic E-state index is 0.0205. The van der Waals surface area contributed by atoms with Crippen LogP contribution in [0.5, 0.6) is 0 Å². The van der Waals surface area contributed by atoms with Crippen LogP contribution in [0.1, 0.15) is 12.5 Å². The van der Waals surface area contributed by atoms with E-state index < -0.39 is 10.0 Å². The highest BCUT2D eigenvalue weighted by Crippen LogP contribution is 2.18. The molecule has 0 radical (unpaired) electrons. The Bertz CT molecular complexity index is 896. The Morgan fingerprint density at radius 2 is 1.71 bits per heavy atom. The molecule has 1 aliphatic rings. The summed E-state index contributed by atoms with van der Waals surface area (Å²) in [5.74, 6) is -0.0205. The summed E-state index contributed by atoms with van der Waals surface area (Å²) < 4.78 is 27.0. The van der Waals surface area contributed by atoms with E-state index in [-0.39, 0.29) is 16.8 Å². The quantitative estimate of drug-likeness (QED) is 0.727. The number of carbonyl (C=O) groups excluding carboxylic acids is 1. The molecule has 2 aromatic rings. The Kier molecular flexibility index (Phi) is 6.72. The predicted octanol–water partition coefficient (Wildman–Crippen LogP) is 0.934. The predicted molar refractivity (Wildman–Crippen MR) is 109 cm³/mol. The molecule has 1 atom stereocenters. The van der Waals surface area contributed by atoms with Crippen molar-refractivity contribution in [1.82, 2.24) is 9.62 Å². The molecule has 0 aromatic heterocycles. The summed E-state index contributed by atoms with van der Waals surface area (Å²) >= 11 is 5.85. The smallest absolute Gasteiger partial charge is 0.278 e. The Morgan fingerprint density at radius 1 is 1.11 bits per heavy atom. The molecule has 1 heterocycles. The van der Waals surface area contributed by atoms with Crippen molar-refractivity contribution in [2.24, 2.45) is 0 Å². The third kappa shape index (κ3) is 4.91. The van der Waals surface area contributed by atoms with Crippen LogP contribution in [0.2, 0.25) is 5.02 Å². The van der Waals surface area contributed by atoms with E-state index >= 15 is 0 Å². The molecule has 2 aromatic carbocycles. The first-order valence-corrected chi connectivity index (χ1v) is 11.1. The van der Waals surface area contributed by atoms with Crippen LogP contribution in [0.3, 0.4) is 0 Å². The van der Waals surface area contributed by atoms with Crippen molar-refractivity contribution in [2.45, 2.75) is 24.4 Å². The number of benzene rings is 2. The van der Waals surface area contributed by atoms with Gasteiger partial charge < -0.3 is 10.2 Å². The van der Waals surface area contributed by atoms with Gasteiger partial charge in [0.2, 0.25) is 10.0 Å². The molecular weight excluding hydrogens is 398 g/mol. The molecule has 150 valence electrons. The van der Waals surface area contributed by atoms with E-state index in [4.69, 9.17) is 11.6 Å². The lowest BCUT2D eigenvalue weighted by Gasteiger charge is -2.34. The van der Waals surface area contributed by atoms with Gasteiger partial charge in [-0.25, -0.2) is 8.42 Å². The van der Waals surface area contributed by atoms with E-state index in [2.05, 4.69) is 5.32 Å². The van der Waals surface area contributed by atoms with Crippen LogP contribution in [0.25, 0.3) is 0 Å². The van der Waals surface area contributed by atoms with E-state index in [1.54, 1.807) is 12.1 Å². The third-order valence-electron chi connectivity index (χ3n) is 5.13. The van der Waals surface area contributed by atoms with Crippen molar-refractivity contribution in [1.29, 1.82) is 0 Å². The second kappa shape index (κ2) is 9.05. The van der Waals surface area contributed by atoms with Gasteiger partial charge in [0.25, 0.3) is 5.91 Å². The van der Waals surface area contributed by atoms with Gasteiger partial charge in [-0.1, -0.05) is 41.9 Å². The molecule has 1 saturated heterocycles. The standard InChI is InChI=1S/C20H24ClN3O3S/c1-16(20(25)22-15-17-5-3-2-4-6-17)23-11-13-24(14-12-23)28(26,27)19-9-7-18(21)8-10-19/h2-10,16H,11-15H2,1H3,(H,22,25)/p+1/t16-/m1/s1. The number of quaternary nitrogens is 1. The number of hydrogen-bond donors (Lipinski definition) is 2. The fourth-order valence-electron chi connectivity index (χ4n) is 3.33. The number of sulfonamides is 1. The van der Waals surface area contributed by atoms with Crippen LogP contribution >= 0.6 is 11.6 Å². The van der Waals surface area contributed by atoms with Gasteiger partial charge in [-0.2, -0.15) is 4.31 Å². The topological polar surface area (TPSA) is 70.9 Å². The summed E-state index contributed by atoms with van der Waals surface area (Å²) in [6, 6.07) is 15.7. The molecule has 3 rings (SSSR count). The number of hydrogen-bond acceptors (Lipinski definition) is 3. The molecule has 0 aliphatic carbocycles. The van der Waals surface area contributed by atoms with E-state index in [0.717, 1.165) is 10.5 Å². The van der Waals surface area contributed by atoms with Gasteiger partial charge in [0, 0.05) is 11.6 Å². The summed E-state index contributed by atoms with van der Waals surface area (Å²) in [6.45, 7) is 4.33. The highest BCUT2D eigenvalue weighted by atomic mass is 35.5. The van der Waals surface area contributed by atoms with Crippen molar-refractivity contribution in [3.05, 3.63) is 65.2 Å². The first-order chi connectivity index (χ1) is 13.4. The Hall–Kier alpha value is -1.93. The van der Waals surface area contributed by atoms with Crippen molar-refractivity contribution in [3.8, 4) is 0 Å². The lowest BCUT2D eigenvalue weighted by Crippen LogP contribution is -3.19. The van der Waals surface area contributed by atoms with Crippen LogP contribution in [-0.4, -0.2) is 50.9 Å². The molecule has 6 nitrogen and oxygen atoms in total. The first-order valence-electron chi connectivity index (χ1n) is 9.30. The maximum atomic E-state index is 12.8. The molecule has 8 heteroatoms. The maximum Gasteiger partial charge on any atom is 0.278 e. The molecular formula is C20H25ClN3O3S+. The molecule has 0 bridgehead atoms. The molecule has 0 saturated carbocycles. The fraction of sp³-hybridized carbons (Fsp3) is 0.350. The Morgan fingerprint density at radius 3 is 2.32 bits per heavy atom. The van der Waals surface area contributed by atoms with Crippen molar-refractivity contribution in [2.75, 3.05) is 26.2 Å². The minimum atomic E-state index is -3.53. The van der Waals surface area contributed by atoms with E-state index in [0.29, 0.717) is 37.7 Å². The summed E-state index contributed by atoms with van der Waals surface area (Å²) in [7, 11) is -3.53. The number of amides is 1. The number of piperazine rings is 1. The summed E-state index contributed by atoms with van der Waals surface area (Å²) in [5, 5.41) is 3.47. The normalized spacial score (nSPS) is 17.2. The molecule has 0 unspecified atom stereocenters. The van der Waals surface area contributed by atoms with Crippen molar-refractivity contribution in [3.63, 3.8) is 0 Å². The largest absolute Gasteiger partial charge is 0.347 e. The highest BCUT2D eigenvalue weighted by Gasteiger charge is 2.34. The number of rotatable bonds is 6. The van der Waals surface area contributed by atoms with Gasteiger partial charge in [-0.3, -0.25) is 4.79 Å². The number of nitrogens with zero attached hydrogens (tertiary/aromatic N) is 1. The number of nitrogens with one attached hydrogen (secondary N) is 2. The third-order valence-corrected chi connectivity index (χ3v) is 7.30. The second-order valence-corrected chi connectivity index (χ2v) is 9.32. The van der Waals surface area contributed by atoms with E-state index in [1.165, 1.54) is 16.4 Å². The Balaban J connectivity index is 1.54. The van der Waals surface area contributed by atoms with Crippen LogP contribution in [-0.2, 0) is 21.4 Å².